The van der Waals surface area contributed by atoms with Crippen molar-refractivity contribution in [1.82, 2.24) is 10.3 Å². The van der Waals surface area contributed by atoms with Gasteiger partial charge in [0.1, 0.15) is 5.75 Å². The van der Waals surface area contributed by atoms with Gasteiger partial charge in [-0.1, -0.05) is 12.1 Å². The average molecular weight is 311 g/mol. The number of aromatic nitrogens is 1. The molecule has 0 spiro atoms. The van der Waals surface area contributed by atoms with Gasteiger partial charge in [0.15, 0.2) is 5.69 Å². The molecule has 2 rings (SSSR count). The lowest BCUT2D eigenvalue weighted by atomic mass is 10.1. The number of carboxylic acid groups (broad SMARTS) is 1. The van der Waals surface area contributed by atoms with E-state index in [0.717, 1.165) is 5.56 Å². The summed E-state index contributed by atoms with van der Waals surface area (Å²) in [7, 11) is 0. The number of pyridine rings is 1. The minimum absolute atomic E-state index is 0.0489. The van der Waals surface area contributed by atoms with Crippen molar-refractivity contribution in [3.8, 4) is 22.9 Å². The number of amides is 1. The molecule has 0 saturated heterocycles. The maximum atomic E-state index is 11.8. The largest absolute Gasteiger partial charge is 0.505 e. The first-order chi connectivity index (χ1) is 11.0. The maximum Gasteiger partial charge on any atom is 0.305 e. The van der Waals surface area contributed by atoms with Crippen LogP contribution in [-0.4, -0.2) is 33.6 Å². The van der Waals surface area contributed by atoms with E-state index in [0.29, 0.717) is 11.1 Å². The molecule has 0 bridgehead atoms. The number of carbonyl (C=O) groups excluding carboxylic acids is 1. The highest BCUT2D eigenvalue weighted by molar-refractivity contribution is 5.95. The number of nitrogens with one attached hydrogen (secondary N) is 1. The lowest BCUT2D eigenvalue weighted by Gasteiger charge is -2.07. The van der Waals surface area contributed by atoms with E-state index in [-0.39, 0.29) is 24.4 Å². The summed E-state index contributed by atoms with van der Waals surface area (Å²) in [5.41, 5.74) is 1.67. The van der Waals surface area contributed by atoms with E-state index in [9.17, 15) is 14.7 Å². The second kappa shape index (κ2) is 7.04. The molecular formula is C16H13N3O4. The number of nitrogens with zero attached hydrogens (tertiary/aromatic N) is 2. The smallest absolute Gasteiger partial charge is 0.305 e. The number of nitriles is 1. The fourth-order valence-electron chi connectivity index (χ4n) is 1.89. The van der Waals surface area contributed by atoms with Crippen molar-refractivity contribution in [2.75, 3.05) is 6.54 Å². The molecule has 0 aliphatic rings. The van der Waals surface area contributed by atoms with Gasteiger partial charge < -0.3 is 15.5 Å². The predicted molar refractivity (Wildman–Crippen MR) is 80.6 cm³/mol. The lowest BCUT2D eigenvalue weighted by Crippen LogP contribution is -2.26. The normalized spacial score (nSPS) is 9.87. The van der Waals surface area contributed by atoms with E-state index in [1.807, 2.05) is 6.07 Å². The number of hydrogen-bond acceptors (Lipinski definition) is 5. The van der Waals surface area contributed by atoms with Crippen molar-refractivity contribution >= 4 is 11.9 Å². The third kappa shape index (κ3) is 4.04. The van der Waals surface area contributed by atoms with Gasteiger partial charge in [-0.2, -0.15) is 5.26 Å². The number of benzene rings is 1. The van der Waals surface area contributed by atoms with E-state index in [1.54, 1.807) is 24.3 Å². The Morgan fingerprint density at radius 2 is 1.91 bits per heavy atom. The number of carbonyl (C=O) groups is 2. The number of aliphatic carboxylic acids is 1. The van der Waals surface area contributed by atoms with E-state index in [1.165, 1.54) is 12.3 Å². The van der Waals surface area contributed by atoms with Crippen molar-refractivity contribution < 1.29 is 19.8 Å². The number of rotatable bonds is 5. The topological polar surface area (TPSA) is 123 Å². The minimum atomic E-state index is -1.03. The first-order valence-corrected chi connectivity index (χ1v) is 6.71. The van der Waals surface area contributed by atoms with Crippen LogP contribution < -0.4 is 5.32 Å². The fraction of sp³-hybridized carbons (Fsp3) is 0.125. The third-order valence-electron chi connectivity index (χ3n) is 3.05. The first kappa shape index (κ1) is 16.0. The molecule has 23 heavy (non-hydrogen) atoms. The highest BCUT2D eigenvalue weighted by Crippen LogP contribution is 2.24. The molecule has 0 aliphatic heterocycles. The molecule has 1 amide bonds. The van der Waals surface area contributed by atoms with Crippen LogP contribution in [0.25, 0.3) is 11.1 Å². The Morgan fingerprint density at radius 3 is 2.48 bits per heavy atom. The van der Waals surface area contributed by atoms with Gasteiger partial charge in [-0.25, -0.2) is 4.98 Å². The fourth-order valence-corrected chi connectivity index (χ4v) is 1.89. The molecule has 0 atom stereocenters. The van der Waals surface area contributed by atoms with Gasteiger partial charge in [-0.3, -0.25) is 9.59 Å². The SMILES string of the molecule is N#Cc1ccc(-c2cnc(C(=O)NCCC(=O)O)c(O)c2)cc1. The van der Waals surface area contributed by atoms with Crippen LogP contribution in [0.2, 0.25) is 0 Å². The van der Waals surface area contributed by atoms with Crippen molar-refractivity contribution in [2.45, 2.75) is 6.42 Å². The molecule has 1 aromatic heterocycles. The van der Waals surface area contributed by atoms with Gasteiger partial charge in [-0.05, 0) is 23.8 Å². The number of hydrogen-bond donors (Lipinski definition) is 3. The Labute approximate surface area is 131 Å². The Bertz CT molecular complexity index is 779. The van der Waals surface area contributed by atoms with Crippen LogP contribution in [0.5, 0.6) is 5.75 Å². The molecule has 7 heteroatoms. The Hall–Kier alpha value is -3.40. The summed E-state index contributed by atoms with van der Waals surface area (Å²) in [5.74, 6) is -1.98. The second-order valence-electron chi connectivity index (χ2n) is 4.68. The summed E-state index contributed by atoms with van der Waals surface area (Å²) in [6.07, 6.45) is 1.21. The van der Waals surface area contributed by atoms with Gasteiger partial charge in [0, 0.05) is 18.3 Å². The summed E-state index contributed by atoms with van der Waals surface area (Å²) in [6, 6.07) is 10.1. The molecule has 1 aromatic carbocycles. The molecule has 0 radical (unpaired) electrons. The highest BCUT2D eigenvalue weighted by atomic mass is 16.4. The molecule has 0 unspecified atom stereocenters. The van der Waals surface area contributed by atoms with Gasteiger partial charge >= 0.3 is 5.97 Å². The molecule has 1 heterocycles. The molecule has 116 valence electrons. The Morgan fingerprint density at radius 1 is 1.22 bits per heavy atom. The van der Waals surface area contributed by atoms with Gasteiger partial charge in [0.2, 0.25) is 0 Å². The lowest BCUT2D eigenvalue weighted by molar-refractivity contribution is -0.136. The summed E-state index contributed by atoms with van der Waals surface area (Å²) in [4.78, 5) is 26.1. The van der Waals surface area contributed by atoms with Gasteiger partial charge in [-0.15, -0.1) is 0 Å². The molecule has 2 aromatic rings. The molecule has 7 nitrogen and oxygen atoms in total. The zero-order valence-corrected chi connectivity index (χ0v) is 12.0. The van der Waals surface area contributed by atoms with Gasteiger partial charge in [0.05, 0.1) is 18.1 Å². The van der Waals surface area contributed by atoms with E-state index < -0.39 is 11.9 Å². The van der Waals surface area contributed by atoms with E-state index in [4.69, 9.17) is 10.4 Å². The Balaban J connectivity index is 2.15. The third-order valence-corrected chi connectivity index (χ3v) is 3.05. The number of carboxylic acids is 1. The van der Waals surface area contributed by atoms with Crippen LogP contribution in [0, 0.1) is 11.3 Å². The quantitative estimate of drug-likeness (QED) is 0.769. The molecular weight excluding hydrogens is 298 g/mol. The van der Waals surface area contributed by atoms with Crippen LogP contribution in [0.4, 0.5) is 0 Å². The monoisotopic (exact) mass is 311 g/mol. The van der Waals surface area contributed by atoms with Crippen molar-refractivity contribution in [3.05, 3.63) is 47.8 Å². The predicted octanol–water partition coefficient (Wildman–Crippen LogP) is 1.53. The van der Waals surface area contributed by atoms with Crippen molar-refractivity contribution in [3.63, 3.8) is 0 Å². The Kier molecular flexibility index (Phi) is 4.89. The van der Waals surface area contributed by atoms with E-state index >= 15 is 0 Å². The average Bonchev–Trinajstić information content (AvgIpc) is 2.54. The number of aromatic hydroxyl groups is 1. The van der Waals surface area contributed by atoms with Gasteiger partial charge in [0.25, 0.3) is 5.91 Å². The summed E-state index contributed by atoms with van der Waals surface area (Å²) in [6.45, 7) is -0.0489. The highest BCUT2D eigenvalue weighted by Gasteiger charge is 2.14. The summed E-state index contributed by atoms with van der Waals surface area (Å²) in [5, 5.41) is 29.6. The van der Waals surface area contributed by atoms with Crippen LogP contribution >= 0.6 is 0 Å². The summed E-state index contributed by atoms with van der Waals surface area (Å²) < 4.78 is 0. The van der Waals surface area contributed by atoms with Crippen LogP contribution in [0.3, 0.4) is 0 Å². The minimum Gasteiger partial charge on any atom is -0.505 e. The zero-order valence-electron chi connectivity index (χ0n) is 12.0. The first-order valence-electron chi connectivity index (χ1n) is 6.71. The molecule has 0 saturated carbocycles. The van der Waals surface area contributed by atoms with Crippen LogP contribution in [0.1, 0.15) is 22.5 Å². The van der Waals surface area contributed by atoms with Crippen molar-refractivity contribution in [2.24, 2.45) is 0 Å². The standard InChI is InChI=1S/C16H13N3O4/c17-8-10-1-3-11(4-2-10)12-7-13(20)15(19-9-12)16(23)18-6-5-14(21)22/h1-4,7,9,20H,5-6H2,(H,18,23)(H,21,22). The molecule has 3 N–H and O–H groups in total. The van der Waals surface area contributed by atoms with E-state index in [2.05, 4.69) is 10.3 Å². The van der Waals surface area contributed by atoms with Crippen molar-refractivity contribution in [1.29, 1.82) is 5.26 Å². The van der Waals surface area contributed by atoms with Crippen LogP contribution in [-0.2, 0) is 4.79 Å². The molecule has 0 fully saturated rings. The van der Waals surface area contributed by atoms with Crippen LogP contribution in [0.15, 0.2) is 36.5 Å². The zero-order chi connectivity index (χ0) is 16.8. The summed E-state index contributed by atoms with van der Waals surface area (Å²) >= 11 is 0. The maximum absolute atomic E-state index is 11.8. The second-order valence-corrected chi connectivity index (χ2v) is 4.68. The molecule has 0 aliphatic carbocycles.